The van der Waals surface area contributed by atoms with E-state index >= 15 is 0 Å². The molecule has 16 heteroatoms. The average Bonchev–Trinajstić information content (AvgIpc) is 3.96. The molecule has 2 heterocycles. The number of fused-ring (bicyclic) bond motifs is 6. The number of benzene rings is 4. The zero-order valence-electron chi connectivity index (χ0n) is 43.5. The lowest BCUT2D eigenvalue weighted by molar-refractivity contribution is -0.284. The van der Waals surface area contributed by atoms with Crippen LogP contribution in [0.25, 0.3) is 20.5 Å². The molecule has 4 aromatic carbocycles. The van der Waals surface area contributed by atoms with Crippen molar-refractivity contribution in [2.45, 2.75) is 147 Å². The zero-order chi connectivity index (χ0) is 53.3. The van der Waals surface area contributed by atoms with Crippen LogP contribution in [0.5, 0.6) is 23.0 Å². The molecule has 3 fully saturated rings. The van der Waals surface area contributed by atoms with E-state index in [0.717, 1.165) is 123 Å². The number of phenols is 3. The number of thiophene rings is 1. The van der Waals surface area contributed by atoms with Crippen molar-refractivity contribution in [2.24, 2.45) is 23.2 Å². The van der Waals surface area contributed by atoms with Gasteiger partial charge in [0.25, 0.3) is 0 Å². The summed E-state index contributed by atoms with van der Waals surface area (Å²) >= 11 is 1.46. The molecule has 0 spiro atoms. The van der Waals surface area contributed by atoms with Gasteiger partial charge in [-0.25, -0.2) is 0 Å². The van der Waals surface area contributed by atoms with E-state index in [1.807, 2.05) is 36.4 Å². The topological polar surface area (TPSA) is 128 Å². The standard InChI is InChI=1S/C32H47F5O3S.C28H27NO4S.ClH/c1-30-17-15-26-25-12-11-24(38)21-23(25)20-22(29(26)27(30)13-14-28(30)39)10-7-5-3-2-4-6-8-18-41(40)19-9-16-31(33,34)32(35,36)37;30-21-8-4-20(5-9-21)28-26(24-13-10-22(31)18-25(24)34-28)27(32)19-6-11-23(12-7-19)33-17-16-29-14-2-1-3-15-29;/h11-12,21-22,26-29,38-39H,2-10,13-20H2,1H3;4-13,18,30-31H,1-3,14-17H2;1H/t22-,26-,27+,28+,29-,30+,41?;;/m1../s1. The molecule has 1 saturated heterocycles. The number of unbranched alkanes of at least 4 members (excludes halogenated alkanes) is 6. The summed E-state index contributed by atoms with van der Waals surface area (Å²) in [4.78, 5) is 16.9. The number of piperidine rings is 1. The molecule has 76 heavy (non-hydrogen) atoms. The van der Waals surface area contributed by atoms with Crippen LogP contribution >= 0.6 is 23.7 Å². The molecule has 2 saturated carbocycles. The minimum Gasteiger partial charge on any atom is -0.508 e. The minimum absolute atomic E-state index is 0. The molecule has 0 bridgehead atoms. The molecule has 7 atom stereocenters. The fourth-order valence-electron chi connectivity index (χ4n) is 12.7. The lowest BCUT2D eigenvalue weighted by atomic mass is 9.52. The van der Waals surface area contributed by atoms with E-state index in [-0.39, 0.29) is 47.0 Å². The number of carbonyl (C=O) groups is 1. The maximum Gasteiger partial charge on any atom is 0.453 e. The Morgan fingerprint density at radius 1 is 0.776 bits per heavy atom. The lowest BCUT2D eigenvalue weighted by Crippen LogP contribution is -2.47. The van der Waals surface area contributed by atoms with Gasteiger partial charge in [-0.1, -0.05) is 57.9 Å². The number of likely N-dealkylation sites (tertiary alicyclic amines) is 1. The molecule has 5 aromatic rings. The Hall–Kier alpha value is -4.28. The Balaban J connectivity index is 0.000000222. The SMILES string of the molecule is C[C@]12CC[C@@H]3c4ccc(O)cc4C[C@@H](CCCCCCCCCS(=O)CCCC(F)(F)C(F)(F)F)[C@H]3[C@@H]1CC[C@@H]2O.Cl.O=C(c1ccc(OCCN2CCCCC2)cc1)c1c(-c2ccc(O)cc2)sc2cc(O)ccc12. The van der Waals surface area contributed by atoms with Crippen molar-refractivity contribution >= 4 is 50.4 Å². The molecule has 4 N–H and O–H groups in total. The highest BCUT2D eigenvalue weighted by atomic mass is 35.5. The maximum absolute atomic E-state index is 13.6. The van der Waals surface area contributed by atoms with E-state index < -0.39 is 35.7 Å². The number of rotatable bonds is 21. The molecule has 3 aliphatic carbocycles. The molecule has 1 aromatic heterocycles. The van der Waals surface area contributed by atoms with Crippen LogP contribution in [-0.4, -0.2) is 91.3 Å². The number of ketones is 1. The van der Waals surface area contributed by atoms with Crippen LogP contribution < -0.4 is 4.74 Å². The fourth-order valence-corrected chi connectivity index (χ4v) is 15.2. The van der Waals surface area contributed by atoms with E-state index in [1.165, 1.54) is 41.7 Å². The first kappa shape index (κ1) is 59.4. The number of phenolic OH excluding ortho intramolecular Hbond substituents is 3. The van der Waals surface area contributed by atoms with Crippen molar-refractivity contribution in [3.8, 4) is 33.4 Å². The van der Waals surface area contributed by atoms with Crippen molar-refractivity contribution in [1.29, 1.82) is 0 Å². The summed E-state index contributed by atoms with van der Waals surface area (Å²) in [6.45, 7) is 6.15. The van der Waals surface area contributed by atoms with Crippen LogP contribution in [0.15, 0.2) is 84.9 Å². The number of nitrogens with zero attached hydrogens (tertiary/aromatic N) is 1. The molecule has 1 unspecified atom stereocenters. The highest BCUT2D eigenvalue weighted by Crippen LogP contribution is 2.63. The quantitative estimate of drug-likeness (QED) is 0.0325. The molecule has 416 valence electrons. The third-order valence-corrected chi connectivity index (χ3v) is 19.5. The number of hydrogen-bond acceptors (Lipinski definition) is 9. The largest absolute Gasteiger partial charge is 0.508 e. The van der Waals surface area contributed by atoms with Crippen LogP contribution in [-0.2, 0) is 17.2 Å². The van der Waals surface area contributed by atoms with Crippen molar-refractivity contribution in [1.82, 2.24) is 4.90 Å². The maximum atomic E-state index is 13.6. The number of ether oxygens (including phenoxy) is 1. The Morgan fingerprint density at radius 3 is 2.13 bits per heavy atom. The first-order chi connectivity index (χ1) is 35.9. The van der Waals surface area contributed by atoms with Gasteiger partial charge < -0.3 is 25.2 Å². The molecular weight excluding hydrogens is 1040 g/mol. The van der Waals surface area contributed by atoms with E-state index in [9.17, 15) is 51.4 Å². The summed E-state index contributed by atoms with van der Waals surface area (Å²) in [5.74, 6) is -0.905. The Morgan fingerprint density at radius 2 is 1.42 bits per heavy atom. The number of aromatic hydroxyl groups is 3. The summed E-state index contributed by atoms with van der Waals surface area (Å²) in [5, 5.41) is 41.4. The summed E-state index contributed by atoms with van der Waals surface area (Å²) in [7, 11) is -1.35. The van der Waals surface area contributed by atoms with Crippen LogP contribution in [0.4, 0.5) is 22.0 Å². The number of halogens is 6. The Labute approximate surface area is 457 Å². The van der Waals surface area contributed by atoms with Crippen molar-refractivity contribution in [3.05, 3.63) is 107 Å². The van der Waals surface area contributed by atoms with Gasteiger partial charge >= 0.3 is 12.1 Å². The molecular formula is C60H75ClF5NO7S2. The van der Waals surface area contributed by atoms with E-state index in [1.54, 1.807) is 42.5 Å². The van der Waals surface area contributed by atoms with Crippen LogP contribution in [0.1, 0.15) is 149 Å². The summed E-state index contributed by atoms with van der Waals surface area (Å²) in [5.41, 5.74) is 4.75. The second-order valence-corrected chi connectivity index (χ2v) is 24.6. The summed E-state index contributed by atoms with van der Waals surface area (Å²) in [6.07, 6.45) is 9.82. The second-order valence-electron chi connectivity index (χ2n) is 21.8. The van der Waals surface area contributed by atoms with Gasteiger partial charge in [0, 0.05) is 61.4 Å². The molecule has 0 amide bonds. The summed E-state index contributed by atoms with van der Waals surface area (Å²) < 4.78 is 81.3. The molecule has 4 aliphatic rings. The highest BCUT2D eigenvalue weighted by molar-refractivity contribution is 7.84. The average molecular weight is 1120 g/mol. The van der Waals surface area contributed by atoms with Gasteiger partial charge in [0.2, 0.25) is 0 Å². The Bertz CT molecular complexity index is 2700. The molecule has 1 aliphatic heterocycles. The van der Waals surface area contributed by atoms with Gasteiger partial charge in [-0.05, 0) is 202 Å². The molecule has 9 rings (SSSR count). The van der Waals surface area contributed by atoms with E-state index in [0.29, 0.717) is 59.3 Å². The number of aliphatic hydroxyl groups excluding tert-OH is 1. The van der Waals surface area contributed by atoms with Crippen molar-refractivity contribution in [3.63, 3.8) is 0 Å². The first-order valence-electron chi connectivity index (χ1n) is 27.3. The van der Waals surface area contributed by atoms with Crippen molar-refractivity contribution in [2.75, 3.05) is 37.7 Å². The van der Waals surface area contributed by atoms with Crippen LogP contribution in [0.3, 0.4) is 0 Å². The van der Waals surface area contributed by atoms with Crippen LogP contribution in [0, 0.1) is 23.2 Å². The second kappa shape index (κ2) is 26.6. The normalized spacial score (nSPS) is 22.9. The van der Waals surface area contributed by atoms with Gasteiger partial charge in [0.15, 0.2) is 5.78 Å². The monoisotopic (exact) mass is 1120 g/mol. The zero-order valence-corrected chi connectivity index (χ0v) is 46.0. The first-order valence-corrected chi connectivity index (χ1v) is 29.6. The van der Waals surface area contributed by atoms with Crippen molar-refractivity contribution < 1.29 is 56.1 Å². The van der Waals surface area contributed by atoms with Gasteiger partial charge in [0.1, 0.15) is 29.6 Å². The van der Waals surface area contributed by atoms with Gasteiger partial charge in [0.05, 0.1) is 6.10 Å². The van der Waals surface area contributed by atoms with Gasteiger partial charge in [-0.15, -0.1) is 23.7 Å². The Kier molecular flexibility index (Phi) is 20.8. The van der Waals surface area contributed by atoms with E-state index in [2.05, 4.69) is 17.9 Å². The predicted octanol–water partition coefficient (Wildman–Crippen LogP) is 15.2. The predicted molar refractivity (Wildman–Crippen MR) is 296 cm³/mol. The fraction of sp³-hybridized carbons (Fsp3) is 0.550. The minimum atomic E-state index is -5.54. The van der Waals surface area contributed by atoms with Crippen LogP contribution in [0.2, 0.25) is 0 Å². The smallest absolute Gasteiger partial charge is 0.453 e. The molecule has 8 nitrogen and oxygen atoms in total. The molecule has 0 radical (unpaired) electrons. The number of alkyl halides is 5. The lowest BCUT2D eigenvalue weighted by Gasteiger charge is -2.53. The third kappa shape index (κ3) is 14.5. The number of hydrogen-bond donors (Lipinski definition) is 4. The van der Waals surface area contributed by atoms with Gasteiger partial charge in [-0.3, -0.25) is 13.9 Å². The summed E-state index contributed by atoms with van der Waals surface area (Å²) in [6, 6.07) is 25.1. The van der Waals surface area contributed by atoms with Gasteiger partial charge in [-0.2, -0.15) is 22.0 Å². The van der Waals surface area contributed by atoms with E-state index in [4.69, 9.17) is 4.74 Å². The highest BCUT2D eigenvalue weighted by Gasteiger charge is 2.57. The number of aliphatic hydroxyl groups is 1. The number of carbonyl (C=O) groups excluding carboxylic acids is 1. The third-order valence-electron chi connectivity index (χ3n) is 16.8.